The Balaban J connectivity index is 1.99. The average Bonchev–Trinajstić information content (AvgIpc) is 2.86. The summed E-state index contributed by atoms with van der Waals surface area (Å²) in [5.74, 6) is 0.613. The fourth-order valence-electron chi connectivity index (χ4n) is 1.96. The first-order valence-corrected chi connectivity index (χ1v) is 7.99. The van der Waals surface area contributed by atoms with Crippen LogP contribution in [0.2, 0.25) is 0 Å². The SMILES string of the molecule is CCNCc1ccc(S(=O)(=O)NC2CCCOC2)o1. The van der Waals surface area contributed by atoms with Gasteiger partial charge in [-0.1, -0.05) is 6.92 Å². The van der Waals surface area contributed by atoms with Gasteiger partial charge in [-0.15, -0.1) is 0 Å². The summed E-state index contributed by atoms with van der Waals surface area (Å²) in [5.41, 5.74) is 0. The molecule has 1 aromatic rings. The number of hydrogen-bond donors (Lipinski definition) is 2. The Kier molecular flexibility index (Phi) is 4.98. The van der Waals surface area contributed by atoms with Gasteiger partial charge in [0.1, 0.15) is 5.76 Å². The van der Waals surface area contributed by atoms with Gasteiger partial charge in [0.15, 0.2) is 0 Å². The summed E-state index contributed by atoms with van der Waals surface area (Å²) in [6.07, 6.45) is 1.67. The molecule has 0 spiro atoms. The van der Waals surface area contributed by atoms with Crippen LogP contribution in [0.4, 0.5) is 0 Å². The van der Waals surface area contributed by atoms with Gasteiger partial charge >= 0.3 is 0 Å². The largest absolute Gasteiger partial charge is 0.447 e. The Bertz CT molecular complexity index is 492. The van der Waals surface area contributed by atoms with Crippen molar-refractivity contribution in [2.24, 2.45) is 0 Å². The highest BCUT2D eigenvalue weighted by molar-refractivity contribution is 7.89. The summed E-state index contributed by atoms with van der Waals surface area (Å²) < 4.78 is 37.4. The number of sulfonamides is 1. The molecule has 19 heavy (non-hydrogen) atoms. The fraction of sp³-hybridized carbons (Fsp3) is 0.667. The Morgan fingerprint density at radius 2 is 2.26 bits per heavy atom. The van der Waals surface area contributed by atoms with Crippen molar-refractivity contribution in [1.82, 2.24) is 10.0 Å². The number of hydrogen-bond acceptors (Lipinski definition) is 5. The Labute approximate surface area is 113 Å². The van der Waals surface area contributed by atoms with E-state index >= 15 is 0 Å². The Morgan fingerprint density at radius 1 is 1.42 bits per heavy atom. The first kappa shape index (κ1) is 14.5. The zero-order valence-electron chi connectivity index (χ0n) is 11.0. The molecule has 6 nitrogen and oxygen atoms in total. The summed E-state index contributed by atoms with van der Waals surface area (Å²) in [6, 6.07) is 2.99. The topological polar surface area (TPSA) is 80.6 Å². The Morgan fingerprint density at radius 3 is 2.95 bits per heavy atom. The van der Waals surface area contributed by atoms with Crippen LogP contribution in [0.25, 0.3) is 0 Å². The minimum Gasteiger partial charge on any atom is -0.447 e. The minimum absolute atomic E-state index is 0.0361. The van der Waals surface area contributed by atoms with Crippen LogP contribution in [0.5, 0.6) is 0 Å². The maximum absolute atomic E-state index is 12.1. The lowest BCUT2D eigenvalue weighted by atomic mass is 10.1. The van der Waals surface area contributed by atoms with Crippen molar-refractivity contribution in [3.8, 4) is 0 Å². The maximum atomic E-state index is 12.1. The van der Waals surface area contributed by atoms with Crippen LogP contribution in [0.3, 0.4) is 0 Å². The molecule has 1 saturated heterocycles. The summed E-state index contributed by atoms with van der Waals surface area (Å²) >= 11 is 0. The van der Waals surface area contributed by atoms with Gasteiger partial charge < -0.3 is 14.5 Å². The van der Waals surface area contributed by atoms with E-state index in [2.05, 4.69) is 10.0 Å². The van der Waals surface area contributed by atoms with Gasteiger partial charge in [-0.05, 0) is 31.5 Å². The maximum Gasteiger partial charge on any atom is 0.274 e. The molecule has 2 rings (SSSR count). The Hall–Kier alpha value is -0.890. The second-order valence-electron chi connectivity index (χ2n) is 4.54. The molecule has 1 aliphatic rings. The second-order valence-corrected chi connectivity index (χ2v) is 6.18. The minimum atomic E-state index is -3.59. The predicted molar refractivity (Wildman–Crippen MR) is 70.3 cm³/mol. The van der Waals surface area contributed by atoms with Crippen LogP contribution in [0, 0.1) is 0 Å². The summed E-state index contributed by atoms with van der Waals surface area (Å²) in [7, 11) is -3.59. The zero-order valence-corrected chi connectivity index (χ0v) is 11.8. The van der Waals surface area contributed by atoms with Crippen molar-refractivity contribution in [2.45, 2.75) is 37.4 Å². The van der Waals surface area contributed by atoms with E-state index in [1.807, 2.05) is 6.92 Å². The van der Waals surface area contributed by atoms with Crippen molar-refractivity contribution < 1.29 is 17.6 Å². The first-order chi connectivity index (χ1) is 9.12. The van der Waals surface area contributed by atoms with E-state index < -0.39 is 10.0 Å². The van der Waals surface area contributed by atoms with E-state index in [-0.39, 0.29) is 11.1 Å². The van der Waals surface area contributed by atoms with Crippen LogP contribution in [0.15, 0.2) is 21.6 Å². The molecule has 2 N–H and O–H groups in total. The number of nitrogens with one attached hydrogen (secondary N) is 2. The van der Waals surface area contributed by atoms with Gasteiger partial charge in [-0.2, -0.15) is 0 Å². The van der Waals surface area contributed by atoms with E-state index in [4.69, 9.17) is 9.15 Å². The normalized spacial score (nSPS) is 20.6. The van der Waals surface area contributed by atoms with E-state index in [9.17, 15) is 8.42 Å². The molecule has 0 bridgehead atoms. The molecule has 0 amide bonds. The zero-order chi connectivity index (χ0) is 13.7. The monoisotopic (exact) mass is 288 g/mol. The van der Waals surface area contributed by atoms with Crippen LogP contribution in [0.1, 0.15) is 25.5 Å². The molecule has 0 radical (unpaired) electrons. The third-order valence-corrected chi connectivity index (χ3v) is 4.33. The van der Waals surface area contributed by atoms with Gasteiger partial charge in [-0.25, -0.2) is 13.1 Å². The van der Waals surface area contributed by atoms with Gasteiger partial charge in [0, 0.05) is 12.6 Å². The number of ether oxygens (including phenoxy) is 1. The molecule has 1 aliphatic heterocycles. The lowest BCUT2D eigenvalue weighted by molar-refractivity contribution is 0.0773. The molecule has 0 aromatic carbocycles. The highest BCUT2D eigenvalue weighted by atomic mass is 32.2. The standard InChI is InChI=1S/C12H20N2O4S/c1-2-13-8-11-5-6-12(18-11)19(15,16)14-10-4-3-7-17-9-10/h5-6,10,13-14H,2-4,7-9H2,1H3. The molecule has 1 unspecified atom stereocenters. The lowest BCUT2D eigenvalue weighted by Gasteiger charge is -2.22. The molecular weight excluding hydrogens is 268 g/mol. The molecule has 0 aliphatic carbocycles. The third-order valence-electron chi connectivity index (χ3n) is 2.93. The summed E-state index contributed by atoms with van der Waals surface area (Å²) in [6.45, 7) is 4.43. The van der Waals surface area contributed by atoms with E-state index in [1.54, 1.807) is 6.07 Å². The van der Waals surface area contributed by atoms with Crippen LogP contribution < -0.4 is 10.0 Å². The quantitative estimate of drug-likeness (QED) is 0.811. The molecular formula is C12H20N2O4S. The highest BCUT2D eigenvalue weighted by Crippen LogP contribution is 2.16. The van der Waals surface area contributed by atoms with E-state index in [0.29, 0.717) is 25.5 Å². The van der Waals surface area contributed by atoms with Crippen molar-refractivity contribution >= 4 is 10.0 Å². The molecule has 1 aromatic heterocycles. The lowest BCUT2D eigenvalue weighted by Crippen LogP contribution is -2.40. The molecule has 108 valence electrons. The van der Waals surface area contributed by atoms with Crippen LogP contribution in [-0.2, 0) is 21.3 Å². The highest BCUT2D eigenvalue weighted by Gasteiger charge is 2.24. The molecule has 1 fully saturated rings. The van der Waals surface area contributed by atoms with E-state index in [0.717, 1.165) is 19.4 Å². The second kappa shape index (κ2) is 6.51. The van der Waals surface area contributed by atoms with Gasteiger partial charge in [0.25, 0.3) is 10.0 Å². The third kappa shape index (κ3) is 4.04. The number of furan rings is 1. The van der Waals surface area contributed by atoms with E-state index in [1.165, 1.54) is 6.07 Å². The molecule has 7 heteroatoms. The summed E-state index contributed by atoms with van der Waals surface area (Å²) in [4.78, 5) is 0. The number of rotatable bonds is 6. The van der Waals surface area contributed by atoms with Crippen molar-refractivity contribution in [2.75, 3.05) is 19.8 Å². The summed E-state index contributed by atoms with van der Waals surface area (Å²) in [5, 5.41) is 3.05. The molecule has 0 saturated carbocycles. The predicted octanol–water partition coefficient (Wildman–Crippen LogP) is 0.846. The first-order valence-electron chi connectivity index (χ1n) is 6.51. The van der Waals surface area contributed by atoms with Crippen LogP contribution >= 0.6 is 0 Å². The van der Waals surface area contributed by atoms with Crippen molar-refractivity contribution in [1.29, 1.82) is 0 Å². The van der Waals surface area contributed by atoms with Crippen molar-refractivity contribution in [3.63, 3.8) is 0 Å². The molecule has 2 heterocycles. The smallest absolute Gasteiger partial charge is 0.274 e. The molecule has 1 atom stereocenters. The van der Waals surface area contributed by atoms with Gasteiger partial charge in [0.2, 0.25) is 5.09 Å². The average molecular weight is 288 g/mol. The van der Waals surface area contributed by atoms with Crippen LogP contribution in [-0.4, -0.2) is 34.2 Å². The van der Waals surface area contributed by atoms with Gasteiger partial charge in [-0.3, -0.25) is 0 Å². The fourth-order valence-corrected chi connectivity index (χ4v) is 3.16. The van der Waals surface area contributed by atoms with Gasteiger partial charge in [0.05, 0.1) is 13.2 Å². The van der Waals surface area contributed by atoms with Crippen molar-refractivity contribution in [3.05, 3.63) is 17.9 Å².